The zero-order valence-corrected chi connectivity index (χ0v) is 18.2. The maximum Gasteiger partial charge on any atom is 0.252 e. The van der Waals surface area contributed by atoms with Gasteiger partial charge in [0.1, 0.15) is 4.21 Å². The van der Waals surface area contributed by atoms with Crippen molar-refractivity contribution in [1.29, 1.82) is 0 Å². The van der Waals surface area contributed by atoms with E-state index in [1.807, 2.05) is 4.90 Å². The number of nitrogens with zero attached hydrogens (tertiary/aromatic N) is 2. The molecule has 0 bridgehead atoms. The summed E-state index contributed by atoms with van der Waals surface area (Å²) in [6.45, 7) is 2.52. The lowest BCUT2D eigenvalue weighted by molar-refractivity contribution is -0.130. The molecule has 2 aliphatic rings. The van der Waals surface area contributed by atoms with E-state index in [0.717, 1.165) is 29.7 Å². The first-order chi connectivity index (χ1) is 12.9. The molecule has 0 radical (unpaired) electrons. The Kier molecular flexibility index (Phi) is 6.93. The predicted molar refractivity (Wildman–Crippen MR) is 107 cm³/mol. The number of amides is 2. The van der Waals surface area contributed by atoms with Crippen molar-refractivity contribution >= 4 is 49.1 Å². The molecular weight excluding hydrogens is 454 g/mol. The lowest BCUT2D eigenvalue weighted by Crippen LogP contribution is -2.45. The Morgan fingerprint density at radius 1 is 1.19 bits per heavy atom. The van der Waals surface area contributed by atoms with Crippen LogP contribution in [0.25, 0.3) is 0 Å². The second-order valence-corrected chi connectivity index (χ2v) is 11.5. The topological polar surface area (TPSA) is 86.8 Å². The van der Waals surface area contributed by atoms with Crippen LogP contribution in [0.2, 0.25) is 0 Å². The Hall–Kier alpha value is -0.970. The summed E-state index contributed by atoms with van der Waals surface area (Å²) < 4.78 is 27.9. The van der Waals surface area contributed by atoms with Gasteiger partial charge in [-0.3, -0.25) is 9.59 Å². The SMILES string of the molecule is O=C(NCCC(=O)N1CCCC1)C1CCCN(S(=O)(=O)c2ccc(Br)s2)C1. The summed E-state index contributed by atoms with van der Waals surface area (Å²) >= 11 is 4.46. The lowest BCUT2D eigenvalue weighted by Gasteiger charge is -2.30. The highest BCUT2D eigenvalue weighted by molar-refractivity contribution is 9.11. The first-order valence-corrected chi connectivity index (χ1v) is 12.2. The summed E-state index contributed by atoms with van der Waals surface area (Å²) in [5.74, 6) is -0.473. The fraction of sp³-hybridized carbons (Fsp3) is 0.647. The van der Waals surface area contributed by atoms with Gasteiger partial charge in [-0.05, 0) is 53.7 Å². The highest BCUT2D eigenvalue weighted by Crippen LogP contribution is 2.30. The fourth-order valence-corrected chi connectivity index (χ4v) is 7.19. The van der Waals surface area contributed by atoms with Gasteiger partial charge in [0.05, 0.1) is 9.70 Å². The van der Waals surface area contributed by atoms with E-state index >= 15 is 0 Å². The molecule has 1 N–H and O–H groups in total. The van der Waals surface area contributed by atoms with Crippen molar-refractivity contribution < 1.29 is 18.0 Å². The number of hydrogen-bond donors (Lipinski definition) is 1. The highest BCUT2D eigenvalue weighted by atomic mass is 79.9. The van der Waals surface area contributed by atoms with Gasteiger partial charge in [0.2, 0.25) is 11.8 Å². The molecule has 1 unspecified atom stereocenters. The number of hydrogen-bond acceptors (Lipinski definition) is 5. The molecule has 3 heterocycles. The Labute approximate surface area is 172 Å². The van der Waals surface area contributed by atoms with E-state index < -0.39 is 10.0 Å². The predicted octanol–water partition coefficient (Wildman–Crippen LogP) is 2.04. The van der Waals surface area contributed by atoms with Gasteiger partial charge in [0, 0.05) is 39.1 Å². The van der Waals surface area contributed by atoms with Gasteiger partial charge in [-0.2, -0.15) is 4.31 Å². The highest BCUT2D eigenvalue weighted by Gasteiger charge is 2.34. The van der Waals surface area contributed by atoms with Crippen LogP contribution in [0.4, 0.5) is 0 Å². The third-order valence-corrected chi connectivity index (χ3v) is 8.95. The summed E-state index contributed by atoms with van der Waals surface area (Å²) in [5, 5.41) is 2.81. The number of nitrogens with one attached hydrogen (secondary N) is 1. The summed E-state index contributed by atoms with van der Waals surface area (Å²) in [6.07, 6.45) is 3.70. The molecule has 2 saturated heterocycles. The zero-order valence-electron chi connectivity index (χ0n) is 15.0. The molecular formula is C17H24BrN3O4S2. The van der Waals surface area contributed by atoms with E-state index in [-0.39, 0.29) is 28.5 Å². The Balaban J connectivity index is 1.51. The number of halogens is 1. The van der Waals surface area contributed by atoms with Gasteiger partial charge >= 0.3 is 0 Å². The van der Waals surface area contributed by atoms with Crippen molar-refractivity contribution in [1.82, 2.24) is 14.5 Å². The number of thiophene rings is 1. The second kappa shape index (κ2) is 9.02. The van der Waals surface area contributed by atoms with Crippen LogP contribution in [0, 0.1) is 5.92 Å². The molecule has 7 nitrogen and oxygen atoms in total. The molecule has 2 amide bonds. The zero-order chi connectivity index (χ0) is 19.4. The second-order valence-electron chi connectivity index (χ2n) is 6.89. The van der Waals surface area contributed by atoms with Gasteiger partial charge < -0.3 is 10.2 Å². The molecule has 1 aromatic rings. The Bertz CT molecular complexity index is 790. The van der Waals surface area contributed by atoms with Crippen molar-refractivity contribution in [3.63, 3.8) is 0 Å². The molecule has 0 saturated carbocycles. The third kappa shape index (κ3) is 5.10. The van der Waals surface area contributed by atoms with Crippen molar-refractivity contribution in [2.24, 2.45) is 5.92 Å². The smallest absolute Gasteiger partial charge is 0.252 e. The van der Waals surface area contributed by atoms with Crippen LogP contribution in [-0.2, 0) is 19.6 Å². The molecule has 1 aromatic heterocycles. The number of carbonyl (C=O) groups excluding carboxylic acids is 2. The summed E-state index contributed by atoms with van der Waals surface area (Å²) in [5.41, 5.74) is 0. The van der Waals surface area contributed by atoms with Crippen molar-refractivity contribution in [3.8, 4) is 0 Å². The normalized spacial score (nSPS) is 21.4. The van der Waals surface area contributed by atoms with E-state index in [1.54, 1.807) is 12.1 Å². The van der Waals surface area contributed by atoms with Gasteiger partial charge in [0.25, 0.3) is 10.0 Å². The monoisotopic (exact) mass is 477 g/mol. The first kappa shape index (κ1) is 20.8. The van der Waals surface area contributed by atoms with E-state index in [1.165, 1.54) is 15.6 Å². The third-order valence-electron chi connectivity index (χ3n) is 4.99. The van der Waals surface area contributed by atoms with Gasteiger partial charge in [-0.25, -0.2) is 8.42 Å². The molecule has 1 atom stereocenters. The minimum Gasteiger partial charge on any atom is -0.355 e. The van der Waals surface area contributed by atoms with Crippen molar-refractivity contribution in [2.45, 2.75) is 36.3 Å². The van der Waals surface area contributed by atoms with Crippen LogP contribution < -0.4 is 5.32 Å². The minimum absolute atomic E-state index is 0.0731. The average molecular weight is 478 g/mol. The molecule has 0 spiro atoms. The number of carbonyl (C=O) groups is 2. The summed E-state index contributed by atoms with van der Waals surface area (Å²) in [7, 11) is -3.57. The molecule has 27 heavy (non-hydrogen) atoms. The number of rotatable bonds is 6. The van der Waals surface area contributed by atoms with E-state index in [0.29, 0.717) is 32.4 Å². The van der Waals surface area contributed by atoms with Crippen LogP contribution in [-0.4, -0.2) is 62.2 Å². The largest absolute Gasteiger partial charge is 0.355 e. The summed E-state index contributed by atoms with van der Waals surface area (Å²) in [4.78, 5) is 26.3. The number of sulfonamides is 1. The van der Waals surface area contributed by atoms with Crippen LogP contribution in [0.3, 0.4) is 0 Å². The van der Waals surface area contributed by atoms with E-state index in [4.69, 9.17) is 0 Å². The molecule has 10 heteroatoms. The molecule has 2 fully saturated rings. The van der Waals surface area contributed by atoms with Gasteiger partial charge in [-0.1, -0.05) is 0 Å². The molecule has 0 aliphatic carbocycles. The molecule has 150 valence electrons. The number of likely N-dealkylation sites (tertiary alicyclic amines) is 1. The first-order valence-electron chi connectivity index (χ1n) is 9.19. The maximum absolute atomic E-state index is 12.8. The molecule has 0 aromatic carbocycles. The average Bonchev–Trinajstić information content (AvgIpc) is 3.33. The van der Waals surface area contributed by atoms with Crippen LogP contribution >= 0.6 is 27.3 Å². The van der Waals surface area contributed by atoms with Crippen molar-refractivity contribution in [3.05, 3.63) is 15.9 Å². The summed E-state index contributed by atoms with van der Waals surface area (Å²) in [6, 6.07) is 3.29. The minimum atomic E-state index is -3.57. The van der Waals surface area contributed by atoms with Gasteiger partial charge in [0.15, 0.2) is 0 Å². The Morgan fingerprint density at radius 2 is 1.93 bits per heavy atom. The quantitative estimate of drug-likeness (QED) is 0.678. The van der Waals surface area contributed by atoms with Gasteiger partial charge in [-0.15, -0.1) is 11.3 Å². The fourth-order valence-electron chi connectivity index (χ4n) is 3.50. The lowest BCUT2D eigenvalue weighted by atomic mass is 9.99. The standard InChI is InChI=1S/C17H24BrN3O4S2/c18-14-5-6-16(26-14)27(24,25)21-11-3-4-13(12-21)17(23)19-8-7-15(22)20-9-1-2-10-20/h5-6,13H,1-4,7-12H2,(H,19,23). The van der Waals surface area contributed by atoms with Crippen LogP contribution in [0.5, 0.6) is 0 Å². The van der Waals surface area contributed by atoms with Crippen molar-refractivity contribution in [2.75, 3.05) is 32.7 Å². The van der Waals surface area contributed by atoms with Crippen LogP contribution in [0.15, 0.2) is 20.1 Å². The Morgan fingerprint density at radius 3 is 2.59 bits per heavy atom. The van der Waals surface area contributed by atoms with E-state index in [2.05, 4.69) is 21.2 Å². The van der Waals surface area contributed by atoms with Crippen LogP contribution in [0.1, 0.15) is 32.1 Å². The maximum atomic E-state index is 12.8. The molecule has 3 rings (SSSR count). The number of piperidine rings is 1. The molecule has 2 aliphatic heterocycles. The van der Waals surface area contributed by atoms with E-state index in [9.17, 15) is 18.0 Å².